The molecule has 0 unspecified atom stereocenters. The summed E-state index contributed by atoms with van der Waals surface area (Å²) in [5, 5.41) is 12.6. The van der Waals surface area contributed by atoms with E-state index in [1.54, 1.807) is 7.11 Å². The standard InChI is InChI=1S/C11H20N4O2/c1-3-4-9-7-10(15-14-9)13-11(16)8-12-5-6-17-2/h7,12H,3-6,8H2,1-2H3,(H2,13,14,15,16). The van der Waals surface area contributed by atoms with Crippen LogP contribution >= 0.6 is 0 Å². The van der Waals surface area contributed by atoms with Crippen LogP contribution in [-0.4, -0.2) is 42.9 Å². The van der Waals surface area contributed by atoms with Crippen LogP contribution in [0, 0.1) is 0 Å². The summed E-state index contributed by atoms with van der Waals surface area (Å²) in [6.07, 6.45) is 1.99. The highest BCUT2D eigenvalue weighted by molar-refractivity contribution is 5.91. The molecule has 0 spiro atoms. The zero-order chi connectivity index (χ0) is 12.5. The molecule has 3 N–H and O–H groups in total. The van der Waals surface area contributed by atoms with E-state index in [2.05, 4.69) is 27.8 Å². The fraction of sp³-hybridized carbons (Fsp3) is 0.636. The predicted molar refractivity (Wildman–Crippen MR) is 66.0 cm³/mol. The molecule has 6 heteroatoms. The van der Waals surface area contributed by atoms with Crippen molar-refractivity contribution in [2.24, 2.45) is 0 Å². The van der Waals surface area contributed by atoms with E-state index in [9.17, 15) is 4.79 Å². The summed E-state index contributed by atoms with van der Waals surface area (Å²) in [5.41, 5.74) is 1.04. The Morgan fingerprint density at radius 3 is 3.12 bits per heavy atom. The van der Waals surface area contributed by atoms with Crippen LogP contribution in [0.2, 0.25) is 0 Å². The first-order valence-electron chi connectivity index (χ1n) is 5.80. The van der Waals surface area contributed by atoms with Crippen molar-refractivity contribution in [3.63, 3.8) is 0 Å². The van der Waals surface area contributed by atoms with Crippen LogP contribution in [0.25, 0.3) is 0 Å². The quantitative estimate of drug-likeness (QED) is 0.579. The summed E-state index contributed by atoms with van der Waals surface area (Å²) in [7, 11) is 1.63. The Hall–Kier alpha value is -1.40. The molecular weight excluding hydrogens is 220 g/mol. The smallest absolute Gasteiger partial charge is 0.239 e. The first-order chi connectivity index (χ1) is 8.26. The summed E-state index contributed by atoms with van der Waals surface area (Å²) in [5.74, 6) is 0.475. The number of amides is 1. The van der Waals surface area contributed by atoms with Gasteiger partial charge in [0.25, 0.3) is 0 Å². The van der Waals surface area contributed by atoms with Crippen molar-refractivity contribution in [3.8, 4) is 0 Å². The molecule has 0 bridgehead atoms. The van der Waals surface area contributed by atoms with Crippen molar-refractivity contribution >= 4 is 11.7 Å². The third-order valence-electron chi connectivity index (χ3n) is 2.19. The van der Waals surface area contributed by atoms with Crippen LogP contribution in [0.15, 0.2) is 6.07 Å². The number of aryl methyl sites for hydroxylation is 1. The Labute approximate surface area is 101 Å². The molecule has 1 aromatic heterocycles. The Kier molecular flexibility index (Phi) is 6.27. The van der Waals surface area contributed by atoms with E-state index < -0.39 is 0 Å². The molecule has 0 aliphatic carbocycles. The minimum absolute atomic E-state index is 0.101. The first kappa shape index (κ1) is 13.7. The lowest BCUT2D eigenvalue weighted by molar-refractivity contribution is -0.115. The van der Waals surface area contributed by atoms with Gasteiger partial charge in [0.05, 0.1) is 13.2 Å². The number of hydrogen-bond acceptors (Lipinski definition) is 4. The summed E-state index contributed by atoms with van der Waals surface area (Å²) >= 11 is 0. The zero-order valence-electron chi connectivity index (χ0n) is 10.4. The average molecular weight is 240 g/mol. The second kappa shape index (κ2) is 7.81. The van der Waals surface area contributed by atoms with E-state index in [-0.39, 0.29) is 12.5 Å². The molecule has 0 radical (unpaired) electrons. The number of carbonyl (C=O) groups excluding carboxylic acids is 1. The van der Waals surface area contributed by atoms with Crippen molar-refractivity contribution in [1.29, 1.82) is 0 Å². The number of methoxy groups -OCH3 is 1. The summed E-state index contributed by atoms with van der Waals surface area (Å²) in [6.45, 7) is 3.61. The number of nitrogens with one attached hydrogen (secondary N) is 3. The van der Waals surface area contributed by atoms with Gasteiger partial charge in [-0.1, -0.05) is 13.3 Å². The minimum atomic E-state index is -0.101. The van der Waals surface area contributed by atoms with Gasteiger partial charge in [0.1, 0.15) is 0 Å². The summed E-state index contributed by atoms with van der Waals surface area (Å²) < 4.78 is 4.86. The van der Waals surface area contributed by atoms with Crippen molar-refractivity contribution in [1.82, 2.24) is 15.5 Å². The number of anilines is 1. The molecule has 1 heterocycles. The van der Waals surface area contributed by atoms with E-state index in [1.165, 1.54) is 0 Å². The Morgan fingerprint density at radius 2 is 2.41 bits per heavy atom. The van der Waals surface area contributed by atoms with Crippen molar-refractivity contribution in [2.75, 3.05) is 32.1 Å². The van der Waals surface area contributed by atoms with E-state index in [0.717, 1.165) is 18.5 Å². The van der Waals surface area contributed by atoms with Gasteiger partial charge in [0.15, 0.2) is 5.82 Å². The van der Waals surface area contributed by atoms with Gasteiger partial charge in [-0.05, 0) is 6.42 Å². The van der Waals surface area contributed by atoms with Gasteiger partial charge in [-0.15, -0.1) is 0 Å². The zero-order valence-corrected chi connectivity index (χ0v) is 10.4. The number of H-pyrrole nitrogens is 1. The molecule has 17 heavy (non-hydrogen) atoms. The highest BCUT2D eigenvalue weighted by Gasteiger charge is 2.04. The van der Waals surface area contributed by atoms with Crippen LogP contribution in [0.5, 0.6) is 0 Å². The topological polar surface area (TPSA) is 79.0 Å². The molecule has 0 saturated carbocycles. The number of ether oxygens (including phenoxy) is 1. The molecule has 1 rings (SSSR count). The molecule has 0 aliphatic rings. The van der Waals surface area contributed by atoms with E-state index >= 15 is 0 Å². The maximum absolute atomic E-state index is 11.5. The molecule has 0 aromatic carbocycles. The Balaban J connectivity index is 2.24. The van der Waals surface area contributed by atoms with E-state index in [1.807, 2.05) is 6.07 Å². The molecule has 0 aliphatic heterocycles. The molecule has 0 saturated heterocycles. The van der Waals surface area contributed by atoms with Gasteiger partial charge >= 0.3 is 0 Å². The normalized spacial score (nSPS) is 10.5. The molecule has 1 amide bonds. The van der Waals surface area contributed by atoms with Gasteiger partial charge in [-0.2, -0.15) is 5.10 Å². The highest BCUT2D eigenvalue weighted by atomic mass is 16.5. The largest absolute Gasteiger partial charge is 0.383 e. The molecule has 1 aromatic rings. The lowest BCUT2D eigenvalue weighted by Gasteiger charge is -2.03. The van der Waals surface area contributed by atoms with Crippen molar-refractivity contribution in [2.45, 2.75) is 19.8 Å². The Morgan fingerprint density at radius 1 is 1.59 bits per heavy atom. The van der Waals surface area contributed by atoms with Crippen LogP contribution in [0.1, 0.15) is 19.0 Å². The monoisotopic (exact) mass is 240 g/mol. The molecule has 0 atom stereocenters. The number of hydrogen-bond donors (Lipinski definition) is 3. The van der Waals surface area contributed by atoms with Gasteiger partial charge in [-0.3, -0.25) is 9.89 Å². The van der Waals surface area contributed by atoms with Crippen molar-refractivity contribution < 1.29 is 9.53 Å². The van der Waals surface area contributed by atoms with Crippen LogP contribution in [0.4, 0.5) is 5.82 Å². The third-order valence-corrected chi connectivity index (χ3v) is 2.19. The molecule has 0 fully saturated rings. The van der Waals surface area contributed by atoms with Gasteiger partial charge in [0, 0.05) is 25.4 Å². The SMILES string of the molecule is CCCc1cc(NC(=O)CNCCOC)n[nH]1. The second-order valence-corrected chi connectivity index (χ2v) is 3.75. The van der Waals surface area contributed by atoms with Gasteiger partial charge in [-0.25, -0.2) is 0 Å². The van der Waals surface area contributed by atoms with Crippen molar-refractivity contribution in [3.05, 3.63) is 11.8 Å². The average Bonchev–Trinajstić information content (AvgIpc) is 2.73. The first-order valence-corrected chi connectivity index (χ1v) is 5.80. The molecule has 96 valence electrons. The fourth-order valence-electron chi connectivity index (χ4n) is 1.39. The maximum Gasteiger partial charge on any atom is 0.239 e. The lowest BCUT2D eigenvalue weighted by atomic mass is 10.2. The van der Waals surface area contributed by atoms with Crippen LogP contribution in [0.3, 0.4) is 0 Å². The number of carbonyl (C=O) groups is 1. The summed E-state index contributed by atoms with van der Waals surface area (Å²) in [6, 6.07) is 1.86. The van der Waals surface area contributed by atoms with Crippen LogP contribution in [-0.2, 0) is 16.0 Å². The fourth-order valence-corrected chi connectivity index (χ4v) is 1.39. The predicted octanol–water partition coefficient (Wildman–Crippen LogP) is 0.537. The molecule has 6 nitrogen and oxygen atoms in total. The van der Waals surface area contributed by atoms with Crippen LogP contribution < -0.4 is 10.6 Å². The maximum atomic E-state index is 11.5. The number of rotatable bonds is 8. The number of nitrogens with zero attached hydrogens (tertiary/aromatic N) is 1. The second-order valence-electron chi connectivity index (χ2n) is 3.75. The van der Waals surface area contributed by atoms with Gasteiger partial charge < -0.3 is 15.4 Å². The number of aromatic amines is 1. The summed E-state index contributed by atoms with van der Waals surface area (Å²) in [4.78, 5) is 11.5. The lowest BCUT2D eigenvalue weighted by Crippen LogP contribution is -2.30. The molecular formula is C11H20N4O2. The van der Waals surface area contributed by atoms with E-state index in [4.69, 9.17) is 4.74 Å². The number of aromatic nitrogens is 2. The minimum Gasteiger partial charge on any atom is -0.383 e. The highest BCUT2D eigenvalue weighted by Crippen LogP contribution is 2.06. The van der Waals surface area contributed by atoms with E-state index in [0.29, 0.717) is 19.0 Å². The third kappa shape index (κ3) is 5.46. The van der Waals surface area contributed by atoms with Gasteiger partial charge in [0.2, 0.25) is 5.91 Å². The Bertz CT molecular complexity index is 338.